The number of rotatable bonds is 5. The van der Waals surface area contributed by atoms with Crippen LogP contribution in [0.3, 0.4) is 0 Å². The Hall–Kier alpha value is -2.47. The molecular formula is C19H16BrNO4. The zero-order valence-corrected chi connectivity index (χ0v) is 15.1. The van der Waals surface area contributed by atoms with Crippen LogP contribution in [-0.2, 0) is 14.4 Å². The summed E-state index contributed by atoms with van der Waals surface area (Å²) in [5, 5.41) is 0. The molecule has 25 heavy (non-hydrogen) atoms. The van der Waals surface area contributed by atoms with Crippen LogP contribution in [0.4, 0.5) is 5.69 Å². The van der Waals surface area contributed by atoms with Gasteiger partial charge in [0.05, 0.1) is 24.6 Å². The Morgan fingerprint density at radius 1 is 1.16 bits per heavy atom. The zero-order chi connectivity index (χ0) is 18.0. The molecule has 1 aliphatic rings. The Balaban J connectivity index is 1.92. The topological polar surface area (TPSA) is 63.7 Å². The quantitative estimate of drug-likeness (QED) is 0.569. The highest BCUT2D eigenvalue weighted by Gasteiger charge is 2.44. The lowest BCUT2D eigenvalue weighted by Gasteiger charge is -2.19. The summed E-state index contributed by atoms with van der Waals surface area (Å²) < 4.78 is 5.84. The van der Waals surface area contributed by atoms with E-state index in [1.165, 1.54) is 0 Å². The normalized spacial score (nSPS) is 18.3. The lowest BCUT2D eigenvalue weighted by Crippen LogP contribution is -2.32. The number of carbonyl (C=O) groups excluding carboxylic acids is 3. The largest absolute Gasteiger partial charge is 0.497 e. The Labute approximate surface area is 153 Å². The summed E-state index contributed by atoms with van der Waals surface area (Å²) >= 11 is 3.41. The Morgan fingerprint density at radius 3 is 2.44 bits per heavy atom. The van der Waals surface area contributed by atoms with E-state index >= 15 is 0 Å². The van der Waals surface area contributed by atoms with Crippen molar-refractivity contribution in [3.05, 3.63) is 58.6 Å². The minimum atomic E-state index is -0.703. The third kappa shape index (κ3) is 3.22. The molecule has 2 aromatic carbocycles. The summed E-state index contributed by atoms with van der Waals surface area (Å²) in [5.41, 5.74) is 1.19. The average Bonchev–Trinajstić information content (AvgIpc) is 2.92. The number of anilines is 1. The number of carbonyl (C=O) groups is 3. The van der Waals surface area contributed by atoms with Crippen LogP contribution in [0.5, 0.6) is 5.75 Å². The third-order valence-electron chi connectivity index (χ3n) is 4.36. The number of imide groups is 1. The second-order valence-electron chi connectivity index (χ2n) is 5.76. The summed E-state index contributed by atoms with van der Waals surface area (Å²) in [6.07, 6.45) is 0.753. The second-order valence-corrected chi connectivity index (χ2v) is 6.61. The van der Waals surface area contributed by atoms with E-state index in [0.29, 0.717) is 17.0 Å². The standard InChI is InChI=1S/C19H16BrNO4/c1-25-13-8-6-12(7-9-13)21-18(23)10-15(19(21)24)16(11-22)14-4-2-3-5-17(14)20/h2-9,11,15-16H,10H2,1H3/t15-,16?/m0/s1. The van der Waals surface area contributed by atoms with Gasteiger partial charge >= 0.3 is 0 Å². The number of benzene rings is 2. The molecule has 0 aromatic heterocycles. The van der Waals surface area contributed by atoms with E-state index in [1.807, 2.05) is 12.1 Å². The van der Waals surface area contributed by atoms with Crippen LogP contribution in [-0.4, -0.2) is 25.2 Å². The van der Waals surface area contributed by atoms with Crippen LogP contribution in [0, 0.1) is 5.92 Å². The molecule has 0 N–H and O–H groups in total. The fraction of sp³-hybridized carbons (Fsp3) is 0.211. The molecule has 2 aromatic rings. The summed E-state index contributed by atoms with van der Waals surface area (Å²) in [6.45, 7) is 0. The molecule has 2 amide bonds. The Kier molecular flexibility index (Phi) is 4.99. The van der Waals surface area contributed by atoms with Crippen molar-refractivity contribution in [1.82, 2.24) is 0 Å². The van der Waals surface area contributed by atoms with Crippen LogP contribution < -0.4 is 9.64 Å². The molecule has 0 aliphatic carbocycles. The fourth-order valence-electron chi connectivity index (χ4n) is 3.07. The number of nitrogens with zero attached hydrogens (tertiary/aromatic N) is 1. The van der Waals surface area contributed by atoms with Gasteiger partial charge in [0.2, 0.25) is 11.8 Å². The number of hydrogen-bond donors (Lipinski definition) is 0. The number of methoxy groups -OCH3 is 1. The van der Waals surface area contributed by atoms with E-state index in [-0.39, 0.29) is 18.2 Å². The van der Waals surface area contributed by atoms with Gasteiger partial charge in [0.15, 0.2) is 0 Å². The molecule has 128 valence electrons. The summed E-state index contributed by atoms with van der Waals surface area (Å²) in [7, 11) is 1.55. The van der Waals surface area contributed by atoms with E-state index in [0.717, 1.165) is 15.7 Å². The van der Waals surface area contributed by atoms with Crippen molar-refractivity contribution in [2.45, 2.75) is 12.3 Å². The maximum Gasteiger partial charge on any atom is 0.238 e. The molecule has 0 bridgehead atoms. The van der Waals surface area contributed by atoms with Crippen LogP contribution in [0.2, 0.25) is 0 Å². The Bertz CT molecular complexity index is 818. The van der Waals surface area contributed by atoms with Crippen molar-refractivity contribution in [2.24, 2.45) is 5.92 Å². The van der Waals surface area contributed by atoms with E-state index in [2.05, 4.69) is 15.9 Å². The van der Waals surface area contributed by atoms with Crippen molar-refractivity contribution in [1.29, 1.82) is 0 Å². The fourth-order valence-corrected chi connectivity index (χ4v) is 3.62. The van der Waals surface area contributed by atoms with Gasteiger partial charge in [-0.05, 0) is 35.9 Å². The van der Waals surface area contributed by atoms with Crippen molar-refractivity contribution >= 4 is 39.7 Å². The predicted octanol–water partition coefficient (Wildman–Crippen LogP) is 3.32. The molecule has 1 fully saturated rings. The molecule has 1 aliphatic heterocycles. The SMILES string of the molecule is COc1ccc(N2C(=O)C[C@@H](C(C=O)c3ccccc3Br)C2=O)cc1. The molecule has 2 atom stereocenters. The smallest absolute Gasteiger partial charge is 0.238 e. The lowest BCUT2D eigenvalue weighted by atomic mass is 9.86. The molecule has 0 radical (unpaired) electrons. The first kappa shape index (κ1) is 17.4. The van der Waals surface area contributed by atoms with Crippen LogP contribution in [0.15, 0.2) is 53.0 Å². The number of halogens is 1. The molecule has 3 rings (SSSR count). The van der Waals surface area contributed by atoms with E-state index in [4.69, 9.17) is 4.74 Å². The monoisotopic (exact) mass is 401 g/mol. The van der Waals surface area contributed by atoms with Gasteiger partial charge in [-0.2, -0.15) is 0 Å². The molecule has 6 heteroatoms. The molecule has 0 saturated carbocycles. The van der Waals surface area contributed by atoms with E-state index in [9.17, 15) is 14.4 Å². The van der Waals surface area contributed by atoms with Crippen molar-refractivity contribution in [2.75, 3.05) is 12.0 Å². The van der Waals surface area contributed by atoms with Crippen LogP contribution >= 0.6 is 15.9 Å². The van der Waals surface area contributed by atoms with Crippen molar-refractivity contribution in [3.8, 4) is 5.75 Å². The maximum absolute atomic E-state index is 12.9. The van der Waals surface area contributed by atoms with Gasteiger partial charge in [-0.15, -0.1) is 0 Å². The zero-order valence-electron chi connectivity index (χ0n) is 13.5. The first-order valence-electron chi connectivity index (χ1n) is 7.77. The van der Waals surface area contributed by atoms with Gasteiger partial charge in [-0.1, -0.05) is 34.1 Å². The van der Waals surface area contributed by atoms with Gasteiger partial charge in [0, 0.05) is 10.9 Å². The summed E-state index contributed by atoms with van der Waals surface area (Å²) in [5.74, 6) is -1.40. The van der Waals surface area contributed by atoms with Gasteiger partial charge in [0.25, 0.3) is 0 Å². The number of amides is 2. The molecule has 5 nitrogen and oxygen atoms in total. The highest BCUT2D eigenvalue weighted by molar-refractivity contribution is 9.10. The summed E-state index contributed by atoms with van der Waals surface area (Å²) in [4.78, 5) is 38.1. The number of hydrogen-bond acceptors (Lipinski definition) is 4. The molecule has 1 unspecified atom stereocenters. The minimum absolute atomic E-state index is 0.00953. The second kappa shape index (κ2) is 7.19. The third-order valence-corrected chi connectivity index (χ3v) is 5.08. The molecule has 1 saturated heterocycles. The van der Waals surface area contributed by atoms with Gasteiger partial charge in [0.1, 0.15) is 12.0 Å². The highest BCUT2D eigenvalue weighted by Crippen LogP contribution is 2.37. The van der Waals surface area contributed by atoms with Crippen LogP contribution in [0.1, 0.15) is 17.9 Å². The molecule has 0 spiro atoms. The number of ether oxygens (including phenoxy) is 1. The number of aldehydes is 1. The maximum atomic E-state index is 12.9. The van der Waals surface area contributed by atoms with Gasteiger partial charge in [-0.25, -0.2) is 0 Å². The van der Waals surface area contributed by atoms with Crippen LogP contribution in [0.25, 0.3) is 0 Å². The van der Waals surface area contributed by atoms with E-state index in [1.54, 1.807) is 43.5 Å². The van der Waals surface area contributed by atoms with Crippen molar-refractivity contribution in [3.63, 3.8) is 0 Å². The first-order chi connectivity index (χ1) is 12.1. The molecular weight excluding hydrogens is 386 g/mol. The predicted molar refractivity (Wildman–Crippen MR) is 96.5 cm³/mol. The first-order valence-corrected chi connectivity index (χ1v) is 8.56. The molecule has 1 heterocycles. The van der Waals surface area contributed by atoms with E-state index < -0.39 is 11.8 Å². The average molecular weight is 402 g/mol. The highest BCUT2D eigenvalue weighted by atomic mass is 79.9. The van der Waals surface area contributed by atoms with Crippen molar-refractivity contribution < 1.29 is 19.1 Å². The Morgan fingerprint density at radius 2 is 1.84 bits per heavy atom. The van der Waals surface area contributed by atoms with Gasteiger partial charge < -0.3 is 9.53 Å². The van der Waals surface area contributed by atoms with Gasteiger partial charge in [-0.3, -0.25) is 14.5 Å². The lowest BCUT2D eigenvalue weighted by molar-refractivity contribution is -0.124. The minimum Gasteiger partial charge on any atom is -0.497 e. The summed E-state index contributed by atoms with van der Waals surface area (Å²) in [6, 6.07) is 13.9.